The third kappa shape index (κ3) is 5.70. The van der Waals surface area contributed by atoms with E-state index in [1.54, 1.807) is 29.2 Å². The van der Waals surface area contributed by atoms with E-state index >= 15 is 0 Å². The highest BCUT2D eigenvalue weighted by Gasteiger charge is 2.32. The SMILES string of the molecule is CC(=N)N1CCC(c2nc(C)c(C(=O)N3CCN(S(=O)(=O)c4ccc5cc(Cl)ccc5c4)CC3)s2)CC1.Cl. The first-order valence-corrected chi connectivity index (χ1v) is 15.0. The zero-order valence-electron chi connectivity index (χ0n) is 21.3. The molecule has 1 N–H and O–H groups in total. The molecule has 0 bridgehead atoms. The molecular formula is C26H31Cl2N5O3S2. The number of hydrogen-bond acceptors (Lipinski definition) is 6. The van der Waals surface area contributed by atoms with Gasteiger partial charge >= 0.3 is 0 Å². The summed E-state index contributed by atoms with van der Waals surface area (Å²) in [6.45, 7) is 6.53. The van der Waals surface area contributed by atoms with Crippen LogP contribution in [0.15, 0.2) is 41.3 Å². The highest BCUT2D eigenvalue weighted by molar-refractivity contribution is 7.89. The van der Waals surface area contributed by atoms with Gasteiger partial charge in [0.1, 0.15) is 4.88 Å². The van der Waals surface area contributed by atoms with Gasteiger partial charge in [-0.05, 0) is 61.7 Å². The van der Waals surface area contributed by atoms with Crippen LogP contribution in [0, 0.1) is 12.3 Å². The minimum atomic E-state index is -3.67. The molecule has 3 heterocycles. The second-order valence-electron chi connectivity index (χ2n) is 9.66. The molecule has 1 aromatic heterocycles. The molecule has 5 rings (SSSR count). The van der Waals surface area contributed by atoms with E-state index in [4.69, 9.17) is 22.0 Å². The summed E-state index contributed by atoms with van der Waals surface area (Å²) in [6.07, 6.45) is 1.85. The lowest BCUT2D eigenvalue weighted by molar-refractivity contribution is 0.0702. The van der Waals surface area contributed by atoms with Gasteiger partial charge in [0.15, 0.2) is 0 Å². The predicted octanol–water partition coefficient (Wildman–Crippen LogP) is 5.00. The average Bonchev–Trinajstić information content (AvgIpc) is 3.29. The number of nitrogens with one attached hydrogen (secondary N) is 1. The lowest BCUT2D eigenvalue weighted by atomic mass is 9.97. The number of piperazine rings is 1. The Kier molecular flexibility index (Phi) is 8.68. The number of sulfonamides is 1. The van der Waals surface area contributed by atoms with Gasteiger partial charge in [-0.15, -0.1) is 23.7 Å². The van der Waals surface area contributed by atoms with Crippen LogP contribution in [0.5, 0.6) is 0 Å². The fourth-order valence-corrected chi connectivity index (χ4v) is 7.87. The number of thiazole rings is 1. The molecule has 204 valence electrons. The number of carbonyl (C=O) groups is 1. The maximum Gasteiger partial charge on any atom is 0.265 e. The lowest BCUT2D eigenvalue weighted by Gasteiger charge is -2.34. The summed E-state index contributed by atoms with van der Waals surface area (Å²) >= 11 is 7.52. The number of amides is 1. The van der Waals surface area contributed by atoms with Crippen molar-refractivity contribution in [2.45, 2.75) is 37.5 Å². The summed E-state index contributed by atoms with van der Waals surface area (Å²) in [5.41, 5.74) is 0.738. The smallest absolute Gasteiger partial charge is 0.265 e. The Balaban J connectivity index is 0.00000336. The summed E-state index contributed by atoms with van der Waals surface area (Å²) in [4.78, 5) is 22.8. The number of aryl methyl sites for hydroxylation is 1. The summed E-state index contributed by atoms with van der Waals surface area (Å²) < 4.78 is 28.1. The maximum absolute atomic E-state index is 13.3. The van der Waals surface area contributed by atoms with Crippen LogP contribution >= 0.6 is 35.3 Å². The molecule has 0 saturated carbocycles. The van der Waals surface area contributed by atoms with Gasteiger partial charge in [-0.2, -0.15) is 4.31 Å². The normalized spacial score (nSPS) is 17.4. The van der Waals surface area contributed by atoms with Crippen LogP contribution in [0.4, 0.5) is 0 Å². The Labute approximate surface area is 238 Å². The van der Waals surface area contributed by atoms with Crippen LogP contribution in [0.25, 0.3) is 10.8 Å². The summed E-state index contributed by atoms with van der Waals surface area (Å²) in [7, 11) is -3.67. The Bertz CT molecular complexity index is 1460. The first-order valence-electron chi connectivity index (χ1n) is 12.4. The second-order valence-corrected chi connectivity index (χ2v) is 13.1. The van der Waals surface area contributed by atoms with E-state index in [1.165, 1.54) is 15.6 Å². The maximum atomic E-state index is 13.3. The highest BCUT2D eigenvalue weighted by atomic mass is 35.5. The average molecular weight is 597 g/mol. The topological polar surface area (TPSA) is 97.7 Å². The number of benzene rings is 2. The molecule has 0 aliphatic carbocycles. The van der Waals surface area contributed by atoms with Gasteiger partial charge < -0.3 is 9.80 Å². The van der Waals surface area contributed by atoms with Gasteiger partial charge in [0.05, 0.1) is 21.4 Å². The molecule has 8 nitrogen and oxygen atoms in total. The number of carbonyl (C=O) groups excluding carboxylic acids is 1. The molecule has 2 fully saturated rings. The number of halogens is 2. The van der Waals surface area contributed by atoms with Crippen molar-refractivity contribution in [3.05, 3.63) is 57.0 Å². The Morgan fingerprint density at radius 3 is 2.29 bits per heavy atom. The Morgan fingerprint density at radius 1 is 1.00 bits per heavy atom. The van der Waals surface area contributed by atoms with Crippen molar-refractivity contribution >= 4 is 67.9 Å². The van der Waals surface area contributed by atoms with Crippen LogP contribution in [0.1, 0.15) is 46.1 Å². The summed E-state index contributed by atoms with van der Waals surface area (Å²) in [5.74, 6) is 0.825. The van der Waals surface area contributed by atoms with E-state index in [2.05, 4.69) is 4.90 Å². The van der Waals surface area contributed by atoms with Crippen molar-refractivity contribution < 1.29 is 13.2 Å². The molecule has 3 aromatic rings. The van der Waals surface area contributed by atoms with Crippen molar-refractivity contribution in [1.29, 1.82) is 5.41 Å². The Hall–Kier alpha value is -2.24. The lowest BCUT2D eigenvalue weighted by Crippen LogP contribution is -2.50. The first-order chi connectivity index (χ1) is 17.6. The van der Waals surface area contributed by atoms with Crippen LogP contribution in [0.2, 0.25) is 5.02 Å². The number of amidine groups is 1. The van der Waals surface area contributed by atoms with Crippen LogP contribution in [-0.2, 0) is 10.0 Å². The van der Waals surface area contributed by atoms with Gasteiger partial charge in [-0.25, -0.2) is 13.4 Å². The fourth-order valence-electron chi connectivity index (χ4n) is 5.03. The second kappa shape index (κ2) is 11.5. The monoisotopic (exact) mass is 595 g/mol. The van der Waals surface area contributed by atoms with Gasteiger partial charge in [0.25, 0.3) is 5.91 Å². The number of aromatic nitrogens is 1. The molecule has 0 unspecified atom stereocenters. The van der Waals surface area contributed by atoms with E-state index in [9.17, 15) is 13.2 Å². The standard InChI is InChI=1S/C26H30ClN5O3S2.ClH/c1-17-24(36-25(29-17)19-7-9-30(10-8-19)18(2)28)26(33)31-11-13-32(14-12-31)37(34,35)23-6-4-20-15-22(27)5-3-21(20)16-23;/h3-6,15-16,19,28H,7-14H2,1-2H3;1H. The summed E-state index contributed by atoms with van der Waals surface area (Å²) in [5, 5.41) is 11.1. The minimum Gasteiger partial charge on any atom is -0.361 e. The number of rotatable bonds is 4. The van der Waals surface area contributed by atoms with Crippen molar-refractivity contribution in [3.8, 4) is 0 Å². The van der Waals surface area contributed by atoms with Gasteiger partial charge in [0.2, 0.25) is 10.0 Å². The van der Waals surface area contributed by atoms with E-state index in [0.29, 0.717) is 34.7 Å². The number of likely N-dealkylation sites (tertiary alicyclic amines) is 1. The quantitative estimate of drug-likeness (QED) is 0.338. The summed E-state index contributed by atoms with van der Waals surface area (Å²) in [6, 6.07) is 10.4. The predicted molar refractivity (Wildman–Crippen MR) is 155 cm³/mol. The molecule has 1 amide bonds. The van der Waals surface area contributed by atoms with Crippen molar-refractivity contribution in [3.63, 3.8) is 0 Å². The molecule has 0 radical (unpaired) electrons. The zero-order chi connectivity index (χ0) is 26.3. The molecule has 0 spiro atoms. The number of fused-ring (bicyclic) bond motifs is 1. The van der Waals surface area contributed by atoms with E-state index in [1.807, 2.05) is 26.0 Å². The molecule has 2 aliphatic rings. The molecule has 2 aromatic carbocycles. The number of hydrogen-bond donors (Lipinski definition) is 1. The molecular weight excluding hydrogens is 565 g/mol. The van der Waals surface area contributed by atoms with Crippen molar-refractivity contribution in [1.82, 2.24) is 19.1 Å². The zero-order valence-corrected chi connectivity index (χ0v) is 24.5. The molecule has 2 aliphatic heterocycles. The van der Waals surface area contributed by atoms with E-state index in [0.717, 1.165) is 47.4 Å². The molecule has 0 atom stereocenters. The minimum absolute atomic E-state index is 0. The largest absolute Gasteiger partial charge is 0.361 e. The molecule has 2 saturated heterocycles. The third-order valence-corrected chi connectivity index (χ3v) is 10.7. The highest BCUT2D eigenvalue weighted by Crippen LogP contribution is 2.33. The van der Waals surface area contributed by atoms with Gasteiger partial charge in [-0.3, -0.25) is 10.2 Å². The molecule has 12 heteroatoms. The number of nitrogens with zero attached hydrogens (tertiary/aromatic N) is 4. The van der Waals surface area contributed by atoms with Crippen molar-refractivity contribution in [2.75, 3.05) is 39.3 Å². The van der Waals surface area contributed by atoms with E-state index < -0.39 is 10.0 Å². The van der Waals surface area contributed by atoms with Gasteiger partial charge in [-0.1, -0.05) is 23.7 Å². The van der Waals surface area contributed by atoms with E-state index in [-0.39, 0.29) is 36.3 Å². The Morgan fingerprint density at radius 2 is 1.63 bits per heavy atom. The first kappa shape index (κ1) is 28.8. The van der Waals surface area contributed by atoms with Crippen LogP contribution in [0.3, 0.4) is 0 Å². The molecule has 38 heavy (non-hydrogen) atoms. The fraction of sp³-hybridized carbons (Fsp3) is 0.423. The van der Waals surface area contributed by atoms with Crippen LogP contribution in [-0.4, -0.2) is 78.5 Å². The number of piperidine rings is 1. The van der Waals surface area contributed by atoms with Crippen LogP contribution < -0.4 is 0 Å². The van der Waals surface area contributed by atoms with Crippen molar-refractivity contribution in [2.24, 2.45) is 0 Å². The van der Waals surface area contributed by atoms with Gasteiger partial charge in [0, 0.05) is 50.2 Å². The third-order valence-electron chi connectivity index (χ3n) is 7.26.